The lowest BCUT2D eigenvalue weighted by Crippen LogP contribution is -2.40. The van der Waals surface area contributed by atoms with Crippen molar-refractivity contribution in [1.29, 1.82) is 0 Å². The van der Waals surface area contributed by atoms with E-state index < -0.39 is 5.60 Å². The molecule has 22 heavy (non-hydrogen) atoms. The van der Waals surface area contributed by atoms with Crippen LogP contribution in [0.2, 0.25) is 0 Å². The fraction of sp³-hybridized carbons (Fsp3) is 0.750. The third-order valence-corrected chi connectivity index (χ3v) is 3.88. The van der Waals surface area contributed by atoms with Crippen molar-refractivity contribution in [3.63, 3.8) is 0 Å². The lowest BCUT2D eigenvalue weighted by molar-refractivity contribution is 0.0220. The molecule has 2 rings (SSSR count). The predicted octanol–water partition coefficient (Wildman–Crippen LogP) is 2.30. The fourth-order valence-corrected chi connectivity index (χ4v) is 2.74. The van der Waals surface area contributed by atoms with Crippen molar-refractivity contribution < 1.29 is 9.53 Å². The average Bonchev–Trinajstić information content (AvgIpc) is 3.02. The summed E-state index contributed by atoms with van der Waals surface area (Å²) in [7, 11) is 1.99. The second-order valence-electron chi connectivity index (χ2n) is 6.93. The summed E-state index contributed by atoms with van der Waals surface area (Å²) in [6, 6.07) is 0.286. The fourth-order valence-electron chi connectivity index (χ4n) is 2.74. The molecule has 0 spiro atoms. The Balaban J connectivity index is 1.74. The van der Waals surface area contributed by atoms with E-state index in [9.17, 15) is 4.79 Å². The number of aromatic nitrogens is 2. The lowest BCUT2D eigenvalue weighted by atomic mass is 10.1. The largest absolute Gasteiger partial charge is 0.444 e. The van der Waals surface area contributed by atoms with Gasteiger partial charge in [0.25, 0.3) is 0 Å². The van der Waals surface area contributed by atoms with E-state index in [-0.39, 0.29) is 12.1 Å². The van der Waals surface area contributed by atoms with Crippen LogP contribution in [0.25, 0.3) is 0 Å². The number of rotatable bonds is 5. The monoisotopic (exact) mass is 308 g/mol. The summed E-state index contributed by atoms with van der Waals surface area (Å²) >= 11 is 0. The van der Waals surface area contributed by atoms with Gasteiger partial charge in [-0.15, -0.1) is 0 Å². The van der Waals surface area contributed by atoms with Crippen LogP contribution in [-0.2, 0) is 18.3 Å². The van der Waals surface area contributed by atoms with Gasteiger partial charge in [-0.25, -0.2) is 9.78 Å². The number of carbonyl (C=O) groups is 1. The van der Waals surface area contributed by atoms with Crippen LogP contribution in [0.15, 0.2) is 12.5 Å². The molecule has 0 saturated carbocycles. The Morgan fingerprint density at radius 3 is 2.91 bits per heavy atom. The summed E-state index contributed by atoms with van der Waals surface area (Å²) < 4.78 is 7.50. The van der Waals surface area contributed by atoms with Crippen LogP contribution >= 0.6 is 0 Å². The number of carbonyl (C=O) groups excluding carboxylic acids is 1. The standard InChI is InChI=1S/C16H28N4O2/c1-16(2,3)22-15(21)20-9-5-6-13(20)7-8-17-10-14-11-18-12-19(14)4/h11-13,17H,5-10H2,1-4H3. The molecule has 1 fully saturated rings. The number of ether oxygens (including phenoxy) is 1. The van der Waals surface area contributed by atoms with Gasteiger partial charge in [0.05, 0.1) is 12.0 Å². The minimum absolute atomic E-state index is 0.179. The van der Waals surface area contributed by atoms with Gasteiger partial charge in [-0.1, -0.05) is 0 Å². The van der Waals surface area contributed by atoms with Crippen LogP contribution in [0, 0.1) is 0 Å². The minimum Gasteiger partial charge on any atom is -0.444 e. The molecular formula is C16H28N4O2. The summed E-state index contributed by atoms with van der Waals surface area (Å²) in [6.45, 7) is 8.22. The van der Waals surface area contributed by atoms with Gasteiger partial charge in [0.2, 0.25) is 0 Å². The topological polar surface area (TPSA) is 59.4 Å². The first-order valence-electron chi connectivity index (χ1n) is 8.02. The van der Waals surface area contributed by atoms with E-state index in [4.69, 9.17) is 4.74 Å². The van der Waals surface area contributed by atoms with Crippen molar-refractivity contribution in [3.05, 3.63) is 18.2 Å². The highest BCUT2D eigenvalue weighted by molar-refractivity contribution is 5.68. The SMILES string of the molecule is Cn1cncc1CNCCC1CCCN1C(=O)OC(C)(C)C. The Bertz CT molecular complexity index is 493. The van der Waals surface area contributed by atoms with Crippen LogP contribution in [0.1, 0.15) is 45.7 Å². The van der Waals surface area contributed by atoms with E-state index in [1.54, 1.807) is 6.33 Å². The van der Waals surface area contributed by atoms with Crippen molar-refractivity contribution in [2.24, 2.45) is 7.05 Å². The highest BCUT2D eigenvalue weighted by atomic mass is 16.6. The van der Waals surface area contributed by atoms with Gasteiger partial charge in [-0.05, 0) is 46.6 Å². The number of imidazole rings is 1. The highest BCUT2D eigenvalue weighted by Crippen LogP contribution is 2.22. The Morgan fingerprint density at radius 1 is 1.50 bits per heavy atom. The van der Waals surface area contributed by atoms with Crippen molar-refractivity contribution in [2.75, 3.05) is 13.1 Å². The number of nitrogens with zero attached hydrogens (tertiary/aromatic N) is 3. The van der Waals surface area contributed by atoms with Crippen LogP contribution in [-0.4, -0.2) is 45.3 Å². The molecule has 1 N–H and O–H groups in total. The van der Waals surface area contributed by atoms with Crippen molar-refractivity contribution in [1.82, 2.24) is 19.8 Å². The first-order chi connectivity index (χ1) is 10.4. The zero-order valence-corrected chi connectivity index (χ0v) is 14.1. The van der Waals surface area contributed by atoms with Gasteiger partial charge in [0.1, 0.15) is 5.60 Å². The summed E-state index contributed by atoms with van der Waals surface area (Å²) in [6.07, 6.45) is 6.57. The van der Waals surface area contributed by atoms with Crippen molar-refractivity contribution in [3.8, 4) is 0 Å². The van der Waals surface area contributed by atoms with E-state index in [1.165, 1.54) is 0 Å². The molecule has 6 nitrogen and oxygen atoms in total. The van der Waals surface area contributed by atoms with Gasteiger partial charge < -0.3 is 19.5 Å². The molecule has 1 aromatic heterocycles. The number of amides is 1. The second-order valence-corrected chi connectivity index (χ2v) is 6.93. The molecule has 1 amide bonds. The van der Waals surface area contributed by atoms with E-state index in [0.29, 0.717) is 0 Å². The lowest BCUT2D eigenvalue weighted by Gasteiger charge is -2.28. The molecule has 1 aliphatic heterocycles. The Labute approximate surface area is 132 Å². The summed E-state index contributed by atoms with van der Waals surface area (Å²) in [5, 5.41) is 3.42. The number of nitrogens with one attached hydrogen (secondary N) is 1. The first-order valence-corrected chi connectivity index (χ1v) is 8.02. The van der Waals surface area contributed by atoms with E-state index >= 15 is 0 Å². The third-order valence-electron chi connectivity index (χ3n) is 3.88. The van der Waals surface area contributed by atoms with Gasteiger partial charge in [-0.3, -0.25) is 0 Å². The third kappa shape index (κ3) is 4.73. The average molecular weight is 308 g/mol. The maximum Gasteiger partial charge on any atom is 0.410 e. The zero-order chi connectivity index (χ0) is 16.2. The Hall–Kier alpha value is -1.56. The van der Waals surface area contributed by atoms with Gasteiger partial charge in [0, 0.05) is 32.4 Å². The van der Waals surface area contributed by atoms with Crippen molar-refractivity contribution in [2.45, 2.75) is 58.2 Å². The normalized spacial score (nSPS) is 18.7. The van der Waals surface area contributed by atoms with Crippen LogP contribution < -0.4 is 5.32 Å². The molecule has 0 aromatic carbocycles. The maximum atomic E-state index is 12.2. The van der Waals surface area contributed by atoms with E-state index in [1.807, 2.05) is 43.5 Å². The summed E-state index contributed by atoms with van der Waals surface area (Å²) in [5.41, 5.74) is 0.734. The predicted molar refractivity (Wildman–Crippen MR) is 85.5 cm³/mol. The molecule has 124 valence electrons. The first kappa shape index (κ1) is 16.8. The molecule has 1 aromatic rings. The molecule has 0 bridgehead atoms. The van der Waals surface area contributed by atoms with Gasteiger partial charge in [-0.2, -0.15) is 0 Å². The van der Waals surface area contributed by atoms with Gasteiger partial charge >= 0.3 is 6.09 Å². The minimum atomic E-state index is -0.429. The second kappa shape index (κ2) is 7.13. The molecule has 1 saturated heterocycles. The van der Waals surface area contributed by atoms with Gasteiger partial charge in [0.15, 0.2) is 0 Å². The summed E-state index contributed by atoms with van der Waals surface area (Å²) in [5.74, 6) is 0. The van der Waals surface area contributed by atoms with Crippen LogP contribution in [0.3, 0.4) is 0 Å². The number of hydrogen-bond donors (Lipinski definition) is 1. The van der Waals surface area contributed by atoms with Crippen LogP contribution in [0.4, 0.5) is 4.79 Å². The molecule has 6 heteroatoms. The zero-order valence-electron chi connectivity index (χ0n) is 14.1. The molecule has 1 unspecified atom stereocenters. The molecule has 2 heterocycles. The van der Waals surface area contributed by atoms with E-state index in [0.717, 1.165) is 44.6 Å². The molecule has 0 aliphatic carbocycles. The maximum absolute atomic E-state index is 12.2. The Kier molecular flexibility index (Phi) is 5.45. The Morgan fingerprint density at radius 2 is 2.27 bits per heavy atom. The van der Waals surface area contributed by atoms with E-state index in [2.05, 4.69) is 10.3 Å². The molecule has 1 atom stereocenters. The molecule has 0 radical (unpaired) electrons. The van der Waals surface area contributed by atoms with Crippen LogP contribution in [0.5, 0.6) is 0 Å². The quantitative estimate of drug-likeness (QED) is 0.848. The van der Waals surface area contributed by atoms with Crippen molar-refractivity contribution >= 4 is 6.09 Å². The molecule has 1 aliphatic rings. The summed E-state index contributed by atoms with van der Waals surface area (Å²) in [4.78, 5) is 18.2. The highest BCUT2D eigenvalue weighted by Gasteiger charge is 2.31. The number of hydrogen-bond acceptors (Lipinski definition) is 4. The number of likely N-dealkylation sites (tertiary alicyclic amines) is 1. The smallest absolute Gasteiger partial charge is 0.410 e. The molecular weight excluding hydrogens is 280 g/mol. The number of aryl methyl sites for hydroxylation is 1.